The van der Waals surface area contributed by atoms with Crippen LogP contribution in [0, 0.1) is 0 Å². The molecule has 142 valence electrons. The van der Waals surface area contributed by atoms with Gasteiger partial charge in [0.15, 0.2) is 11.6 Å². The smallest absolute Gasteiger partial charge is 0.330 e. The number of carbonyl (C=O) groups excluding carboxylic acids is 3. The van der Waals surface area contributed by atoms with Gasteiger partial charge in [0, 0.05) is 30.1 Å². The Morgan fingerprint density at radius 3 is 2.64 bits per heavy atom. The summed E-state index contributed by atoms with van der Waals surface area (Å²) in [5, 5.41) is 6.06. The molecule has 28 heavy (non-hydrogen) atoms. The fourth-order valence-corrected chi connectivity index (χ4v) is 2.63. The standard InChI is InChI=1S/C20H18N4O4/c1-28-19(27)8-7-16-9-15(12-24(16)11-14-5-3-2-4-6-14)17(25)10-18(26)20-21-13-22-23-20/h2-9,12-13H,10-11H2,1H3,(H,21,22,23). The highest BCUT2D eigenvalue weighted by atomic mass is 16.5. The SMILES string of the molecule is COC(=O)C=Cc1cc(C(=O)CC(=O)c2ncn[nH]2)cn1Cc1ccccc1. The number of benzene rings is 1. The zero-order chi connectivity index (χ0) is 19.9. The third-order valence-electron chi connectivity index (χ3n) is 4.04. The van der Waals surface area contributed by atoms with Crippen molar-refractivity contribution in [1.29, 1.82) is 0 Å². The van der Waals surface area contributed by atoms with E-state index in [1.807, 2.05) is 34.9 Å². The molecule has 0 bridgehead atoms. The highest BCUT2D eigenvalue weighted by molar-refractivity contribution is 6.12. The molecule has 3 rings (SSSR count). The van der Waals surface area contributed by atoms with Gasteiger partial charge in [0.25, 0.3) is 0 Å². The molecule has 2 aromatic heterocycles. The monoisotopic (exact) mass is 378 g/mol. The van der Waals surface area contributed by atoms with Gasteiger partial charge in [0.2, 0.25) is 5.78 Å². The van der Waals surface area contributed by atoms with Crippen molar-refractivity contribution in [1.82, 2.24) is 19.7 Å². The van der Waals surface area contributed by atoms with Crippen molar-refractivity contribution in [2.45, 2.75) is 13.0 Å². The molecule has 0 amide bonds. The molecule has 0 saturated heterocycles. The molecule has 0 unspecified atom stereocenters. The minimum atomic E-state index is -0.499. The van der Waals surface area contributed by atoms with E-state index in [0.717, 1.165) is 5.56 Å². The van der Waals surface area contributed by atoms with Crippen molar-refractivity contribution >= 4 is 23.6 Å². The number of carbonyl (C=O) groups is 3. The number of rotatable bonds is 8. The van der Waals surface area contributed by atoms with E-state index in [-0.39, 0.29) is 18.0 Å². The zero-order valence-electron chi connectivity index (χ0n) is 15.2. The van der Waals surface area contributed by atoms with E-state index in [9.17, 15) is 14.4 Å². The van der Waals surface area contributed by atoms with Crippen molar-refractivity contribution in [3.8, 4) is 0 Å². The first-order chi connectivity index (χ1) is 13.6. The van der Waals surface area contributed by atoms with Gasteiger partial charge in [-0.1, -0.05) is 30.3 Å². The second-order valence-corrected chi connectivity index (χ2v) is 5.98. The summed E-state index contributed by atoms with van der Waals surface area (Å²) in [5.41, 5.74) is 2.04. The number of nitrogens with one attached hydrogen (secondary N) is 1. The number of Topliss-reactive ketones (excluding diaryl/α,β-unsaturated/α-hetero) is 2. The summed E-state index contributed by atoms with van der Waals surface area (Å²) in [6, 6.07) is 11.3. The lowest BCUT2D eigenvalue weighted by atomic mass is 10.1. The zero-order valence-corrected chi connectivity index (χ0v) is 15.2. The predicted molar refractivity (Wildman–Crippen MR) is 101 cm³/mol. The highest BCUT2D eigenvalue weighted by Gasteiger charge is 2.18. The molecule has 0 aliphatic heterocycles. The number of hydrogen-bond acceptors (Lipinski definition) is 6. The van der Waals surface area contributed by atoms with Crippen LogP contribution in [0.15, 0.2) is 55.0 Å². The van der Waals surface area contributed by atoms with Crippen molar-refractivity contribution in [3.63, 3.8) is 0 Å². The average Bonchev–Trinajstić information content (AvgIpc) is 3.37. The molecule has 0 radical (unpaired) electrons. The fraction of sp³-hybridized carbons (Fsp3) is 0.150. The summed E-state index contributed by atoms with van der Waals surface area (Å²) < 4.78 is 6.45. The van der Waals surface area contributed by atoms with E-state index in [1.54, 1.807) is 18.3 Å². The van der Waals surface area contributed by atoms with E-state index >= 15 is 0 Å². The van der Waals surface area contributed by atoms with Gasteiger partial charge < -0.3 is 9.30 Å². The maximum atomic E-state index is 12.6. The summed E-state index contributed by atoms with van der Waals surface area (Å²) in [6.07, 6.45) is 5.41. The number of aromatic amines is 1. The molecule has 0 spiro atoms. The number of H-pyrrole nitrogens is 1. The van der Waals surface area contributed by atoms with E-state index in [0.29, 0.717) is 17.8 Å². The maximum Gasteiger partial charge on any atom is 0.330 e. The van der Waals surface area contributed by atoms with Crippen LogP contribution in [0.1, 0.15) is 38.7 Å². The van der Waals surface area contributed by atoms with Crippen LogP contribution in [0.3, 0.4) is 0 Å². The quantitative estimate of drug-likeness (QED) is 0.279. The third-order valence-corrected chi connectivity index (χ3v) is 4.04. The fourth-order valence-electron chi connectivity index (χ4n) is 2.63. The summed E-state index contributed by atoms with van der Waals surface area (Å²) in [4.78, 5) is 39.8. The van der Waals surface area contributed by atoms with E-state index in [4.69, 9.17) is 0 Å². The molecule has 0 aliphatic carbocycles. The Kier molecular flexibility index (Phi) is 5.91. The third kappa shape index (κ3) is 4.67. The summed E-state index contributed by atoms with van der Waals surface area (Å²) >= 11 is 0. The summed E-state index contributed by atoms with van der Waals surface area (Å²) in [7, 11) is 1.29. The van der Waals surface area contributed by atoms with Crippen LogP contribution < -0.4 is 0 Å². The molecule has 1 aromatic carbocycles. The van der Waals surface area contributed by atoms with Gasteiger partial charge in [0.1, 0.15) is 6.33 Å². The van der Waals surface area contributed by atoms with Gasteiger partial charge in [-0.25, -0.2) is 9.78 Å². The molecule has 0 saturated carbocycles. The van der Waals surface area contributed by atoms with Gasteiger partial charge >= 0.3 is 5.97 Å². The Morgan fingerprint density at radius 1 is 1.18 bits per heavy atom. The van der Waals surface area contributed by atoms with Gasteiger partial charge in [-0.3, -0.25) is 14.7 Å². The topological polar surface area (TPSA) is 107 Å². The Labute approximate surface area is 160 Å². The van der Waals surface area contributed by atoms with Crippen LogP contribution in [0.4, 0.5) is 0 Å². The second-order valence-electron chi connectivity index (χ2n) is 5.98. The predicted octanol–water partition coefficient (Wildman–Crippen LogP) is 2.30. The van der Waals surface area contributed by atoms with E-state index < -0.39 is 11.8 Å². The molecule has 0 atom stereocenters. The van der Waals surface area contributed by atoms with Gasteiger partial charge in [0.05, 0.1) is 13.5 Å². The number of nitrogens with zero attached hydrogens (tertiary/aromatic N) is 3. The minimum Gasteiger partial charge on any atom is -0.466 e. The molecular formula is C20H18N4O4. The molecular weight excluding hydrogens is 360 g/mol. The van der Waals surface area contributed by atoms with Crippen molar-refractivity contribution in [2.24, 2.45) is 0 Å². The molecule has 8 heteroatoms. The molecule has 1 N–H and O–H groups in total. The molecule has 2 heterocycles. The number of methoxy groups -OCH3 is 1. The largest absolute Gasteiger partial charge is 0.466 e. The van der Waals surface area contributed by atoms with Crippen LogP contribution in [-0.4, -0.2) is 44.4 Å². The second kappa shape index (κ2) is 8.72. The van der Waals surface area contributed by atoms with Gasteiger partial charge in [-0.2, -0.15) is 5.10 Å². The Morgan fingerprint density at radius 2 is 1.96 bits per heavy atom. The number of ether oxygens (including phenoxy) is 1. The number of ketones is 2. The van der Waals surface area contributed by atoms with Crippen LogP contribution in [0.2, 0.25) is 0 Å². The summed E-state index contributed by atoms with van der Waals surface area (Å²) in [6.45, 7) is 0.505. The lowest BCUT2D eigenvalue weighted by Gasteiger charge is -2.06. The average molecular weight is 378 g/mol. The molecule has 0 aliphatic rings. The van der Waals surface area contributed by atoms with Gasteiger partial charge in [-0.15, -0.1) is 0 Å². The lowest BCUT2D eigenvalue weighted by Crippen LogP contribution is -2.09. The Hall–Kier alpha value is -3.81. The van der Waals surface area contributed by atoms with Crippen LogP contribution in [-0.2, 0) is 16.1 Å². The van der Waals surface area contributed by atoms with E-state index in [2.05, 4.69) is 19.9 Å². The lowest BCUT2D eigenvalue weighted by molar-refractivity contribution is -0.134. The van der Waals surface area contributed by atoms with E-state index in [1.165, 1.54) is 19.5 Å². The van der Waals surface area contributed by atoms with Crippen molar-refractivity contribution in [3.05, 3.63) is 77.6 Å². The van der Waals surface area contributed by atoms with Crippen LogP contribution >= 0.6 is 0 Å². The first-order valence-electron chi connectivity index (χ1n) is 8.48. The maximum absolute atomic E-state index is 12.6. The Balaban J connectivity index is 1.84. The number of aromatic nitrogens is 4. The van der Waals surface area contributed by atoms with Crippen LogP contribution in [0.5, 0.6) is 0 Å². The molecule has 3 aromatic rings. The highest BCUT2D eigenvalue weighted by Crippen LogP contribution is 2.16. The molecule has 8 nitrogen and oxygen atoms in total. The molecule has 0 fully saturated rings. The summed E-state index contributed by atoms with van der Waals surface area (Å²) in [5.74, 6) is -1.24. The number of hydrogen-bond donors (Lipinski definition) is 1. The first kappa shape index (κ1) is 19.0. The Bertz CT molecular complexity index is 1000. The number of esters is 1. The van der Waals surface area contributed by atoms with Crippen molar-refractivity contribution < 1.29 is 19.1 Å². The normalized spacial score (nSPS) is 10.9. The first-order valence-corrected chi connectivity index (χ1v) is 8.48. The van der Waals surface area contributed by atoms with Gasteiger partial charge in [-0.05, 0) is 17.7 Å². The minimum absolute atomic E-state index is 0.0443. The van der Waals surface area contributed by atoms with Crippen LogP contribution in [0.25, 0.3) is 6.08 Å². The van der Waals surface area contributed by atoms with Crippen molar-refractivity contribution in [2.75, 3.05) is 7.11 Å².